The highest BCUT2D eigenvalue weighted by atomic mass is 15.1. The van der Waals surface area contributed by atoms with Crippen molar-refractivity contribution in [1.29, 1.82) is 0 Å². The Bertz CT molecular complexity index is 960. The summed E-state index contributed by atoms with van der Waals surface area (Å²) in [6, 6.07) is 30.3. The summed E-state index contributed by atoms with van der Waals surface area (Å²) in [6.07, 6.45) is 6.70. The molecule has 28 heavy (non-hydrogen) atoms. The Kier molecular flexibility index (Phi) is 5.77. The first-order chi connectivity index (χ1) is 13.8. The van der Waals surface area contributed by atoms with E-state index in [1.807, 2.05) is 0 Å². The molecule has 0 fully saturated rings. The number of rotatable bonds is 6. The molecule has 1 heterocycles. The van der Waals surface area contributed by atoms with E-state index in [1.54, 1.807) is 0 Å². The van der Waals surface area contributed by atoms with Crippen molar-refractivity contribution in [2.45, 2.75) is 19.8 Å². The van der Waals surface area contributed by atoms with Gasteiger partial charge in [0, 0.05) is 12.2 Å². The highest BCUT2D eigenvalue weighted by Crippen LogP contribution is 2.25. The SMILES string of the molecule is Cc1ccccc1B1C=CC=C(c2ccccc2)N1CCCc1ccccc1. The zero-order chi connectivity index (χ0) is 19.2. The number of benzene rings is 3. The van der Waals surface area contributed by atoms with Gasteiger partial charge < -0.3 is 4.81 Å². The lowest BCUT2D eigenvalue weighted by atomic mass is 9.51. The summed E-state index contributed by atoms with van der Waals surface area (Å²) >= 11 is 0. The second-order valence-corrected chi connectivity index (χ2v) is 7.39. The second kappa shape index (κ2) is 8.80. The minimum atomic E-state index is 0.275. The fourth-order valence-electron chi connectivity index (χ4n) is 4.02. The number of aryl methyl sites for hydroxylation is 2. The molecule has 1 aliphatic rings. The van der Waals surface area contributed by atoms with Crippen LogP contribution in [0.25, 0.3) is 5.70 Å². The van der Waals surface area contributed by atoms with Gasteiger partial charge in [-0.25, -0.2) is 0 Å². The normalized spacial score (nSPS) is 13.5. The van der Waals surface area contributed by atoms with E-state index < -0.39 is 0 Å². The molecule has 0 aromatic heterocycles. The number of allylic oxidation sites excluding steroid dienone is 2. The van der Waals surface area contributed by atoms with Crippen LogP contribution in [0.2, 0.25) is 0 Å². The topological polar surface area (TPSA) is 3.24 Å². The van der Waals surface area contributed by atoms with E-state index in [9.17, 15) is 0 Å². The van der Waals surface area contributed by atoms with Crippen LogP contribution in [0.15, 0.2) is 103 Å². The van der Waals surface area contributed by atoms with E-state index in [4.69, 9.17) is 0 Å². The van der Waals surface area contributed by atoms with Crippen molar-refractivity contribution in [3.63, 3.8) is 0 Å². The van der Waals surface area contributed by atoms with E-state index in [0.717, 1.165) is 19.4 Å². The van der Waals surface area contributed by atoms with Gasteiger partial charge in [0.2, 0.25) is 0 Å². The Morgan fingerprint density at radius 1 is 0.786 bits per heavy atom. The van der Waals surface area contributed by atoms with Gasteiger partial charge in [-0.15, -0.1) is 0 Å². The van der Waals surface area contributed by atoms with Gasteiger partial charge in [-0.3, -0.25) is 0 Å². The van der Waals surface area contributed by atoms with Crippen LogP contribution in [0.3, 0.4) is 0 Å². The van der Waals surface area contributed by atoms with E-state index in [0.29, 0.717) is 0 Å². The minimum Gasteiger partial charge on any atom is -0.407 e. The molecule has 0 saturated heterocycles. The van der Waals surface area contributed by atoms with Crippen molar-refractivity contribution in [2.24, 2.45) is 0 Å². The van der Waals surface area contributed by atoms with Crippen molar-refractivity contribution in [3.8, 4) is 0 Å². The first-order valence-electron chi connectivity index (χ1n) is 10.1. The molecule has 1 nitrogen and oxygen atoms in total. The second-order valence-electron chi connectivity index (χ2n) is 7.39. The predicted molar refractivity (Wildman–Crippen MR) is 122 cm³/mol. The van der Waals surface area contributed by atoms with Gasteiger partial charge in [0.15, 0.2) is 0 Å². The molecule has 0 spiro atoms. The highest BCUT2D eigenvalue weighted by molar-refractivity contribution is 6.77. The molecular formula is C26H26BN. The largest absolute Gasteiger partial charge is 0.407 e. The average Bonchev–Trinajstić information content (AvgIpc) is 2.76. The zero-order valence-corrected chi connectivity index (χ0v) is 16.5. The summed E-state index contributed by atoms with van der Waals surface area (Å²) in [6.45, 7) is 3.52. The zero-order valence-electron chi connectivity index (χ0n) is 16.5. The maximum Gasteiger partial charge on any atom is 0.316 e. The summed E-state index contributed by atoms with van der Waals surface area (Å²) in [5.74, 6) is 2.33. The van der Waals surface area contributed by atoms with Crippen LogP contribution < -0.4 is 5.46 Å². The Morgan fingerprint density at radius 3 is 2.21 bits per heavy atom. The molecule has 0 amide bonds. The monoisotopic (exact) mass is 363 g/mol. The van der Waals surface area contributed by atoms with Gasteiger partial charge in [0.05, 0.1) is 0 Å². The van der Waals surface area contributed by atoms with Crippen molar-refractivity contribution < 1.29 is 0 Å². The Hall–Kier alpha value is -3.00. The third kappa shape index (κ3) is 4.12. The molecule has 0 bridgehead atoms. The van der Waals surface area contributed by atoms with E-state index in [1.165, 1.54) is 27.9 Å². The van der Waals surface area contributed by atoms with E-state index >= 15 is 0 Å². The van der Waals surface area contributed by atoms with Crippen LogP contribution in [0.5, 0.6) is 0 Å². The molecule has 0 saturated carbocycles. The maximum absolute atomic E-state index is 2.57. The first kappa shape index (κ1) is 18.4. The summed E-state index contributed by atoms with van der Waals surface area (Å²) in [5, 5.41) is 0. The lowest BCUT2D eigenvalue weighted by Gasteiger charge is -2.35. The number of nitrogens with zero attached hydrogens (tertiary/aromatic N) is 1. The van der Waals surface area contributed by atoms with Crippen molar-refractivity contribution in [2.75, 3.05) is 6.54 Å². The lowest BCUT2D eigenvalue weighted by Crippen LogP contribution is -2.48. The maximum atomic E-state index is 2.57. The smallest absolute Gasteiger partial charge is 0.316 e. The van der Waals surface area contributed by atoms with Crippen LogP contribution in [0.4, 0.5) is 0 Å². The molecule has 0 unspecified atom stereocenters. The molecule has 1 aliphatic heterocycles. The van der Waals surface area contributed by atoms with Gasteiger partial charge in [0.25, 0.3) is 0 Å². The Morgan fingerprint density at radius 2 is 1.46 bits per heavy atom. The van der Waals surface area contributed by atoms with Gasteiger partial charge in [-0.2, -0.15) is 0 Å². The van der Waals surface area contributed by atoms with Crippen LogP contribution in [-0.4, -0.2) is 18.2 Å². The molecule has 0 atom stereocenters. The standard InChI is InChI=1S/C26H26BN/c1-22-12-8-9-18-25(22)27-20-10-19-26(24-16-6-3-7-17-24)28(27)21-11-15-23-13-4-2-5-14-23/h2-10,12-14,16-20H,11,15,21H2,1H3. The third-order valence-corrected chi connectivity index (χ3v) is 5.48. The summed E-state index contributed by atoms with van der Waals surface area (Å²) in [7, 11) is 0. The van der Waals surface area contributed by atoms with Crippen molar-refractivity contribution >= 4 is 18.0 Å². The molecular weight excluding hydrogens is 337 g/mol. The molecule has 0 aliphatic carbocycles. The Labute approximate surface area is 169 Å². The fraction of sp³-hybridized carbons (Fsp3) is 0.154. The summed E-state index contributed by atoms with van der Waals surface area (Å²) in [4.78, 5) is 2.57. The highest BCUT2D eigenvalue weighted by Gasteiger charge is 2.28. The molecule has 0 N–H and O–H groups in total. The lowest BCUT2D eigenvalue weighted by molar-refractivity contribution is 0.573. The van der Waals surface area contributed by atoms with Crippen molar-refractivity contribution in [1.82, 2.24) is 4.81 Å². The van der Waals surface area contributed by atoms with Gasteiger partial charge in [0.1, 0.15) is 0 Å². The fourth-order valence-corrected chi connectivity index (χ4v) is 4.02. The summed E-state index contributed by atoms with van der Waals surface area (Å²) < 4.78 is 0. The molecule has 138 valence electrons. The molecule has 0 radical (unpaired) electrons. The van der Waals surface area contributed by atoms with Gasteiger partial charge >= 0.3 is 6.85 Å². The number of hydrogen-bond donors (Lipinski definition) is 0. The minimum absolute atomic E-state index is 0.275. The first-order valence-corrected chi connectivity index (χ1v) is 10.1. The number of hydrogen-bond acceptors (Lipinski definition) is 1. The summed E-state index contributed by atoms with van der Waals surface area (Å²) in [5.41, 5.74) is 6.74. The quantitative estimate of drug-likeness (QED) is 0.539. The van der Waals surface area contributed by atoms with Crippen molar-refractivity contribution in [3.05, 3.63) is 120 Å². The van der Waals surface area contributed by atoms with E-state index in [2.05, 4.69) is 115 Å². The molecule has 2 heteroatoms. The van der Waals surface area contributed by atoms with Crippen LogP contribution in [0.1, 0.15) is 23.1 Å². The van der Waals surface area contributed by atoms with Crippen LogP contribution in [0, 0.1) is 6.92 Å². The van der Waals surface area contributed by atoms with Gasteiger partial charge in [-0.05, 0) is 42.4 Å². The molecule has 3 aromatic carbocycles. The van der Waals surface area contributed by atoms with Crippen LogP contribution >= 0.6 is 0 Å². The van der Waals surface area contributed by atoms with E-state index in [-0.39, 0.29) is 6.85 Å². The predicted octanol–water partition coefficient (Wildman–Crippen LogP) is 5.28. The molecule has 4 rings (SSSR count). The van der Waals surface area contributed by atoms with Gasteiger partial charge in [-0.1, -0.05) is 103 Å². The van der Waals surface area contributed by atoms with Crippen LogP contribution in [-0.2, 0) is 6.42 Å². The average molecular weight is 363 g/mol. The molecule has 3 aromatic rings. The third-order valence-electron chi connectivity index (χ3n) is 5.48. The Balaban J connectivity index is 1.61.